The van der Waals surface area contributed by atoms with Crippen LogP contribution in [0.4, 0.5) is 0 Å². The molecule has 2 rings (SSSR count). The molecule has 5 nitrogen and oxygen atoms in total. The third-order valence-corrected chi connectivity index (χ3v) is 3.45. The lowest BCUT2D eigenvalue weighted by atomic mass is 10.1. The number of amides is 1. The highest BCUT2D eigenvalue weighted by Crippen LogP contribution is 2.13. The lowest BCUT2D eigenvalue weighted by molar-refractivity contribution is 0.0946. The second kappa shape index (κ2) is 6.83. The Kier molecular flexibility index (Phi) is 4.87. The molecule has 21 heavy (non-hydrogen) atoms. The average molecular weight is 285 g/mol. The largest absolute Gasteiger partial charge is 0.352 e. The predicted molar refractivity (Wildman–Crippen MR) is 82.1 cm³/mol. The standard InChI is InChI=1S/C16H19N3O2/c1-3-11(2)10-18-15(20)13-4-5-14(19-16(13)21)12-6-8-17-9-7-12/h4-9,11H,3,10H2,1-2H3,(H,18,20)(H,19,21)/t11-/m0/s1. The minimum Gasteiger partial charge on any atom is -0.352 e. The van der Waals surface area contributed by atoms with Crippen LogP contribution in [0.3, 0.4) is 0 Å². The van der Waals surface area contributed by atoms with Crippen LogP contribution in [0, 0.1) is 5.92 Å². The molecule has 110 valence electrons. The van der Waals surface area contributed by atoms with E-state index in [1.54, 1.807) is 36.7 Å². The van der Waals surface area contributed by atoms with E-state index in [1.807, 2.05) is 0 Å². The Bertz CT molecular complexity index is 665. The van der Waals surface area contributed by atoms with E-state index in [9.17, 15) is 9.59 Å². The first-order valence-electron chi connectivity index (χ1n) is 7.03. The van der Waals surface area contributed by atoms with E-state index in [4.69, 9.17) is 0 Å². The molecule has 1 amide bonds. The third-order valence-electron chi connectivity index (χ3n) is 3.45. The summed E-state index contributed by atoms with van der Waals surface area (Å²) in [4.78, 5) is 30.7. The minimum atomic E-state index is -0.383. The molecule has 0 saturated heterocycles. The van der Waals surface area contributed by atoms with Crippen LogP contribution in [0.25, 0.3) is 11.3 Å². The molecule has 0 fully saturated rings. The molecular weight excluding hydrogens is 266 g/mol. The minimum absolute atomic E-state index is 0.135. The second-order valence-corrected chi connectivity index (χ2v) is 5.07. The molecule has 2 aromatic heterocycles. The van der Waals surface area contributed by atoms with Crippen molar-refractivity contribution in [3.63, 3.8) is 0 Å². The average Bonchev–Trinajstić information content (AvgIpc) is 2.53. The zero-order valence-corrected chi connectivity index (χ0v) is 12.2. The van der Waals surface area contributed by atoms with Gasteiger partial charge in [-0.1, -0.05) is 20.3 Å². The van der Waals surface area contributed by atoms with Gasteiger partial charge in [-0.3, -0.25) is 14.6 Å². The molecule has 0 aliphatic carbocycles. The van der Waals surface area contributed by atoms with Crippen molar-refractivity contribution < 1.29 is 4.79 Å². The van der Waals surface area contributed by atoms with Crippen LogP contribution >= 0.6 is 0 Å². The highest BCUT2D eigenvalue weighted by atomic mass is 16.2. The Morgan fingerprint density at radius 1 is 1.29 bits per heavy atom. The summed E-state index contributed by atoms with van der Waals surface area (Å²) in [5.74, 6) is 0.0574. The Balaban J connectivity index is 2.16. The summed E-state index contributed by atoms with van der Waals surface area (Å²) >= 11 is 0. The quantitative estimate of drug-likeness (QED) is 0.884. The van der Waals surface area contributed by atoms with Crippen molar-refractivity contribution in [3.8, 4) is 11.3 Å². The molecule has 5 heteroatoms. The lowest BCUT2D eigenvalue weighted by Gasteiger charge is -2.10. The molecule has 1 atom stereocenters. The first-order chi connectivity index (χ1) is 10.1. The molecule has 0 spiro atoms. The number of hydrogen-bond acceptors (Lipinski definition) is 3. The van der Waals surface area contributed by atoms with E-state index in [1.165, 1.54) is 0 Å². The van der Waals surface area contributed by atoms with Crippen LogP contribution < -0.4 is 10.9 Å². The van der Waals surface area contributed by atoms with Crippen molar-refractivity contribution in [2.45, 2.75) is 20.3 Å². The summed E-state index contributed by atoms with van der Waals surface area (Å²) in [5, 5.41) is 2.78. The molecule has 0 aliphatic rings. The van der Waals surface area contributed by atoms with Crippen LogP contribution in [0.1, 0.15) is 30.6 Å². The van der Waals surface area contributed by atoms with E-state index in [0.29, 0.717) is 18.2 Å². The fourth-order valence-electron chi connectivity index (χ4n) is 1.86. The second-order valence-electron chi connectivity index (χ2n) is 5.07. The molecule has 0 bridgehead atoms. The first-order valence-corrected chi connectivity index (χ1v) is 7.03. The molecule has 0 unspecified atom stereocenters. The Hall–Kier alpha value is -2.43. The predicted octanol–water partition coefficient (Wildman–Crippen LogP) is 2.21. The van der Waals surface area contributed by atoms with Gasteiger partial charge in [-0.2, -0.15) is 0 Å². The Morgan fingerprint density at radius 2 is 2.00 bits per heavy atom. The van der Waals surface area contributed by atoms with Gasteiger partial charge >= 0.3 is 0 Å². The smallest absolute Gasteiger partial charge is 0.261 e. The van der Waals surface area contributed by atoms with Gasteiger partial charge in [0.1, 0.15) is 5.56 Å². The highest BCUT2D eigenvalue weighted by Gasteiger charge is 2.12. The maximum atomic E-state index is 12.0. The molecule has 2 N–H and O–H groups in total. The zero-order valence-electron chi connectivity index (χ0n) is 12.2. The zero-order chi connectivity index (χ0) is 15.2. The first kappa shape index (κ1) is 15.0. The maximum Gasteiger partial charge on any atom is 0.261 e. The van der Waals surface area contributed by atoms with E-state index in [-0.39, 0.29) is 17.0 Å². The number of hydrogen-bond donors (Lipinski definition) is 2. The summed E-state index contributed by atoms with van der Waals surface area (Å²) in [6.07, 6.45) is 4.29. The van der Waals surface area contributed by atoms with Gasteiger partial charge in [0.2, 0.25) is 0 Å². The fraction of sp³-hybridized carbons (Fsp3) is 0.312. The monoisotopic (exact) mass is 285 g/mol. The Morgan fingerprint density at radius 3 is 2.62 bits per heavy atom. The molecule has 0 aliphatic heterocycles. The van der Waals surface area contributed by atoms with E-state index in [2.05, 4.69) is 29.1 Å². The van der Waals surface area contributed by atoms with Gasteiger partial charge in [0.05, 0.1) is 0 Å². The summed E-state index contributed by atoms with van der Waals surface area (Å²) in [6, 6.07) is 6.89. The van der Waals surface area contributed by atoms with Gasteiger partial charge in [-0.05, 0) is 30.2 Å². The molecule has 0 aromatic carbocycles. The molecule has 2 aromatic rings. The van der Waals surface area contributed by atoms with Crippen molar-refractivity contribution in [1.29, 1.82) is 0 Å². The summed E-state index contributed by atoms with van der Waals surface area (Å²) < 4.78 is 0. The third kappa shape index (κ3) is 3.78. The van der Waals surface area contributed by atoms with Crippen LogP contribution in [0.15, 0.2) is 41.5 Å². The highest BCUT2D eigenvalue weighted by molar-refractivity contribution is 5.94. The number of aromatic nitrogens is 2. The molecule has 0 radical (unpaired) electrons. The number of pyridine rings is 2. The van der Waals surface area contributed by atoms with Crippen molar-refractivity contribution >= 4 is 5.91 Å². The van der Waals surface area contributed by atoms with Crippen LogP contribution in [-0.2, 0) is 0 Å². The number of nitrogens with zero attached hydrogens (tertiary/aromatic N) is 1. The van der Waals surface area contributed by atoms with Crippen molar-refractivity contribution in [2.24, 2.45) is 5.92 Å². The topological polar surface area (TPSA) is 74.8 Å². The number of carbonyl (C=O) groups is 1. The van der Waals surface area contributed by atoms with Gasteiger partial charge < -0.3 is 10.3 Å². The lowest BCUT2D eigenvalue weighted by Crippen LogP contribution is -2.32. The summed E-state index contributed by atoms with van der Waals surface area (Å²) in [6.45, 7) is 4.69. The fourth-order valence-corrected chi connectivity index (χ4v) is 1.86. The maximum absolute atomic E-state index is 12.0. The molecule has 2 heterocycles. The van der Waals surface area contributed by atoms with E-state index < -0.39 is 0 Å². The SMILES string of the molecule is CC[C@H](C)CNC(=O)c1ccc(-c2ccncc2)[nH]c1=O. The van der Waals surface area contributed by atoms with E-state index in [0.717, 1.165) is 12.0 Å². The number of carbonyl (C=O) groups excluding carboxylic acids is 1. The van der Waals surface area contributed by atoms with Gasteiger partial charge in [0.25, 0.3) is 11.5 Å². The van der Waals surface area contributed by atoms with Crippen molar-refractivity contribution in [2.75, 3.05) is 6.54 Å². The summed E-state index contributed by atoms with van der Waals surface area (Å²) in [5.41, 5.74) is 1.27. The van der Waals surface area contributed by atoms with E-state index >= 15 is 0 Å². The Labute approximate surface area is 123 Å². The van der Waals surface area contributed by atoms with Crippen LogP contribution in [0.5, 0.6) is 0 Å². The number of H-pyrrole nitrogens is 1. The summed E-state index contributed by atoms with van der Waals surface area (Å²) in [7, 11) is 0. The number of nitrogens with one attached hydrogen (secondary N) is 2. The number of rotatable bonds is 5. The van der Waals surface area contributed by atoms with Crippen LogP contribution in [0.2, 0.25) is 0 Å². The molecule has 0 saturated carbocycles. The van der Waals surface area contributed by atoms with Gasteiger partial charge in [0, 0.05) is 30.2 Å². The van der Waals surface area contributed by atoms with Crippen LogP contribution in [-0.4, -0.2) is 22.4 Å². The van der Waals surface area contributed by atoms with Gasteiger partial charge in [0.15, 0.2) is 0 Å². The number of aromatic amines is 1. The van der Waals surface area contributed by atoms with Gasteiger partial charge in [-0.25, -0.2) is 0 Å². The van der Waals surface area contributed by atoms with Crippen molar-refractivity contribution in [3.05, 3.63) is 52.6 Å². The normalized spacial score (nSPS) is 11.9. The van der Waals surface area contributed by atoms with Crippen molar-refractivity contribution in [1.82, 2.24) is 15.3 Å². The van der Waals surface area contributed by atoms with Gasteiger partial charge in [-0.15, -0.1) is 0 Å². The molecular formula is C16H19N3O2.